The van der Waals surface area contributed by atoms with Crippen molar-refractivity contribution in [2.24, 2.45) is 4.99 Å². The molecule has 0 aliphatic carbocycles. The Morgan fingerprint density at radius 1 is 1.44 bits per heavy atom. The molecule has 1 atom stereocenters. The Morgan fingerprint density at radius 3 is 2.81 bits per heavy atom. The van der Waals surface area contributed by atoms with Gasteiger partial charge in [0.2, 0.25) is 5.91 Å². The molecule has 0 saturated carbocycles. The number of amides is 1. The lowest BCUT2D eigenvalue weighted by Gasteiger charge is -2.02. The molecule has 0 bridgehead atoms. The minimum absolute atomic E-state index is 0.0890. The average molecular weight is 220 g/mol. The number of rotatable bonds is 3. The molecule has 0 saturated heterocycles. The van der Waals surface area contributed by atoms with Gasteiger partial charge in [-0.3, -0.25) is 9.79 Å². The fourth-order valence-electron chi connectivity index (χ4n) is 1.69. The van der Waals surface area contributed by atoms with Crippen LogP contribution in [-0.2, 0) is 11.2 Å². The standard InChI is InChI=1S/C12H13FN2O/c1-2-10-12(16)15-11(14-10)7-8-5-3-4-6-9(8)13/h3-6,10H,2,7H2,1H3,(H,14,15,16). The van der Waals surface area contributed by atoms with Crippen LogP contribution in [0, 0.1) is 5.82 Å². The number of benzene rings is 1. The fraction of sp³-hybridized carbons (Fsp3) is 0.333. The Labute approximate surface area is 93.4 Å². The van der Waals surface area contributed by atoms with Gasteiger partial charge in [0, 0.05) is 6.42 Å². The maximum atomic E-state index is 13.4. The summed E-state index contributed by atoms with van der Waals surface area (Å²) in [6.45, 7) is 1.90. The van der Waals surface area contributed by atoms with Gasteiger partial charge < -0.3 is 5.32 Å². The lowest BCUT2D eigenvalue weighted by molar-refractivity contribution is -0.120. The van der Waals surface area contributed by atoms with Crippen molar-refractivity contribution in [1.82, 2.24) is 5.32 Å². The quantitative estimate of drug-likeness (QED) is 0.827. The van der Waals surface area contributed by atoms with Gasteiger partial charge >= 0.3 is 0 Å². The second-order valence-corrected chi connectivity index (χ2v) is 3.76. The van der Waals surface area contributed by atoms with Crippen molar-refractivity contribution in [2.75, 3.05) is 0 Å². The average Bonchev–Trinajstić information content (AvgIpc) is 2.62. The lowest BCUT2D eigenvalue weighted by atomic mass is 10.1. The fourth-order valence-corrected chi connectivity index (χ4v) is 1.69. The van der Waals surface area contributed by atoms with Gasteiger partial charge in [0.05, 0.1) is 0 Å². The second kappa shape index (κ2) is 4.43. The predicted octanol–water partition coefficient (Wildman–Crippen LogP) is 1.68. The van der Waals surface area contributed by atoms with E-state index in [1.165, 1.54) is 6.07 Å². The van der Waals surface area contributed by atoms with Crippen LogP contribution in [0.2, 0.25) is 0 Å². The summed E-state index contributed by atoms with van der Waals surface area (Å²) in [6, 6.07) is 6.21. The zero-order chi connectivity index (χ0) is 11.5. The number of hydrogen-bond acceptors (Lipinski definition) is 2. The molecule has 1 aromatic rings. The van der Waals surface area contributed by atoms with Gasteiger partial charge in [0.25, 0.3) is 0 Å². The highest BCUT2D eigenvalue weighted by Crippen LogP contribution is 2.11. The topological polar surface area (TPSA) is 41.5 Å². The monoisotopic (exact) mass is 220 g/mol. The van der Waals surface area contributed by atoms with Crippen LogP contribution in [0.1, 0.15) is 18.9 Å². The SMILES string of the molecule is CCC1N=C(Cc2ccccc2F)NC1=O. The van der Waals surface area contributed by atoms with Crippen molar-refractivity contribution in [2.45, 2.75) is 25.8 Å². The molecule has 2 rings (SSSR count). The van der Waals surface area contributed by atoms with Gasteiger partial charge in [-0.1, -0.05) is 25.1 Å². The smallest absolute Gasteiger partial charge is 0.250 e. The summed E-state index contributed by atoms with van der Waals surface area (Å²) < 4.78 is 13.4. The molecule has 1 unspecified atom stereocenters. The van der Waals surface area contributed by atoms with Crippen molar-refractivity contribution in [3.63, 3.8) is 0 Å². The van der Waals surface area contributed by atoms with Crippen molar-refractivity contribution >= 4 is 11.7 Å². The van der Waals surface area contributed by atoms with Crippen LogP contribution in [-0.4, -0.2) is 17.8 Å². The molecule has 3 nitrogen and oxygen atoms in total. The Balaban J connectivity index is 2.12. The first-order valence-corrected chi connectivity index (χ1v) is 5.31. The summed E-state index contributed by atoms with van der Waals surface area (Å²) in [6.07, 6.45) is 1.02. The Morgan fingerprint density at radius 2 is 2.19 bits per heavy atom. The second-order valence-electron chi connectivity index (χ2n) is 3.76. The molecule has 1 amide bonds. The van der Waals surface area contributed by atoms with E-state index in [4.69, 9.17) is 0 Å². The molecular weight excluding hydrogens is 207 g/mol. The van der Waals surface area contributed by atoms with E-state index >= 15 is 0 Å². The first-order chi connectivity index (χ1) is 7.70. The Hall–Kier alpha value is -1.71. The first-order valence-electron chi connectivity index (χ1n) is 5.31. The lowest BCUT2D eigenvalue weighted by Crippen LogP contribution is -2.29. The number of nitrogens with zero attached hydrogens (tertiary/aromatic N) is 1. The third kappa shape index (κ3) is 2.10. The molecule has 1 aliphatic rings. The van der Waals surface area contributed by atoms with Crippen molar-refractivity contribution < 1.29 is 9.18 Å². The number of carbonyl (C=O) groups excluding carboxylic acids is 1. The van der Waals surface area contributed by atoms with E-state index in [-0.39, 0.29) is 17.8 Å². The van der Waals surface area contributed by atoms with Gasteiger partial charge in [-0.25, -0.2) is 4.39 Å². The summed E-state index contributed by atoms with van der Waals surface area (Å²) in [5.41, 5.74) is 0.554. The van der Waals surface area contributed by atoms with E-state index < -0.39 is 0 Å². The van der Waals surface area contributed by atoms with E-state index in [0.717, 1.165) is 0 Å². The third-order valence-corrected chi connectivity index (χ3v) is 2.58. The molecule has 1 N–H and O–H groups in total. The highest BCUT2D eigenvalue weighted by atomic mass is 19.1. The molecule has 1 aromatic carbocycles. The molecule has 0 aromatic heterocycles. The normalized spacial score (nSPS) is 19.5. The number of halogens is 1. The van der Waals surface area contributed by atoms with Crippen LogP contribution in [0.5, 0.6) is 0 Å². The van der Waals surface area contributed by atoms with Crippen molar-refractivity contribution in [1.29, 1.82) is 0 Å². The minimum Gasteiger partial charge on any atom is -0.312 e. The highest BCUT2D eigenvalue weighted by Gasteiger charge is 2.24. The van der Waals surface area contributed by atoms with E-state index in [0.29, 0.717) is 24.2 Å². The zero-order valence-electron chi connectivity index (χ0n) is 9.03. The minimum atomic E-state index is -0.304. The van der Waals surface area contributed by atoms with Crippen molar-refractivity contribution in [3.05, 3.63) is 35.6 Å². The van der Waals surface area contributed by atoms with Crippen LogP contribution < -0.4 is 5.32 Å². The van der Waals surface area contributed by atoms with Gasteiger partial charge in [-0.05, 0) is 18.1 Å². The molecule has 1 aliphatic heterocycles. The van der Waals surface area contributed by atoms with Crippen LogP contribution in [0.15, 0.2) is 29.3 Å². The molecular formula is C12H13FN2O. The van der Waals surface area contributed by atoms with Gasteiger partial charge in [-0.2, -0.15) is 0 Å². The third-order valence-electron chi connectivity index (χ3n) is 2.58. The van der Waals surface area contributed by atoms with E-state index in [1.54, 1.807) is 18.2 Å². The van der Waals surface area contributed by atoms with Crippen LogP contribution in [0.25, 0.3) is 0 Å². The number of amidine groups is 1. The van der Waals surface area contributed by atoms with Gasteiger partial charge in [-0.15, -0.1) is 0 Å². The van der Waals surface area contributed by atoms with E-state index in [2.05, 4.69) is 10.3 Å². The maximum absolute atomic E-state index is 13.4. The summed E-state index contributed by atoms with van der Waals surface area (Å²) in [4.78, 5) is 15.6. The van der Waals surface area contributed by atoms with Crippen molar-refractivity contribution in [3.8, 4) is 0 Å². The molecule has 84 valence electrons. The number of nitrogens with one attached hydrogen (secondary N) is 1. The Kier molecular flexibility index (Phi) is 2.99. The molecule has 1 heterocycles. The largest absolute Gasteiger partial charge is 0.312 e. The van der Waals surface area contributed by atoms with E-state index in [1.807, 2.05) is 6.92 Å². The summed E-state index contributed by atoms with van der Waals surface area (Å²) >= 11 is 0. The zero-order valence-corrected chi connectivity index (χ0v) is 9.03. The predicted molar refractivity (Wildman–Crippen MR) is 59.8 cm³/mol. The molecule has 16 heavy (non-hydrogen) atoms. The maximum Gasteiger partial charge on any atom is 0.250 e. The Bertz CT molecular complexity index is 442. The molecule has 4 heteroatoms. The summed E-state index contributed by atoms with van der Waals surface area (Å²) in [5, 5.41) is 2.67. The van der Waals surface area contributed by atoms with Crippen LogP contribution in [0.4, 0.5) is 4.39 Å². The number of aliphatic imine (C=N–C) groups is 1. The summed E-state index contributed by atoms with van der Waals surface area (Å²) in [7, 11) is 0. The molecule has 0 fully saturated rings. The first kappa shape index (κ1) is 10.8. The van der Waals surface area contributed by atoms with Crippen LogP contribution in [0.3, 0.4) is 0 Å². The van der Waals surface area contributed by atoms with E-state index in [9.17, 15) is 9.18 Å². The summed E-state index contributed by atoms with van der Waals surface area (Å²) in [5.74, 6) is 0.204. The highest BCUT2D eigenvalue weighted by molar-refractivity contribution is 6.06. The molecule has 0 radical (unpaired) electrons. The molecule has 0 spiro atoms. The number of hydrogen-bond donors (Lipinski definition) is 1. The van der Waals surface area contributed by atoms with Gasteiger partial charge in [0.15, 0.2) is 0 Å². The van der Waals surface area contributed by atoms with Gasteiger partial charge in [0.1, 0.15) is 17.7 Å². The van der Waals surface area contributed by atoms with Crippen LogP contribution >= 0.6 is 0 Å². The number of carbonyl (C=O) groups is 1.